The summed E-state index contributed by atoms with van der Waals surface area (Å²) in [5.41, 5.74) is 3.40. The molecule has 100 valence electrons. The first-order valence-electron chi connectivity index (χ1n) is 6.70. The highest BCUT2D eigenvalue weighted by Gasteiger charge is 2.10. The fraction of sp³-hybridized carbons (Fsp3) is 0.294. The molecule has 0 aliphatic heterocycles. The normalized spacial score (nSPS) is 14.1. The van der Waals surface area contributed by atoms with Gasteiger partial charge < -0.3 is 10.4 Å². The van der Waals surface area contributed by atoms with Crippen LogP contribution in [0.1, 0.15) is 35.8 Å². The molecule has 2 unspecified atom stereocenters. The van der Waals surface area contributed by atoms with E-state index in [9.17, 15) is 5.11 Å². The summed E-state index contributed by atoms with van der Waals surface area (Å²) < 4.78 is 0. The van der Waals surface area contributed by atoms with Gasteiger partial charge in [-0.2, -0.15) is 0 Å². The summed E-state index contributed by atoms with van der Waals surface area (Å²) in [5.74, 6) is 0. The molecule has 0 amide bonds. The number of aryl methyl sites for hydroxylation is 1. The van der Waals surface area contributed by atoms with E-state index in [1.165, 1.54) is 11.1 Å². The Labute approximate surface area is 115 Å². The van der Waals surface area contributed by atoms with E-state index < -0.39 is 6.10 Å². The third kappa shape index (κ3) is 3.91. The second-order valence-electron chi connectivity index (χ2n) is 4.97. The lowest BCUT2D eigenvalue weighted by Gasteiger charge is -2.18. The highest BCUT2D eigenvalue weighted by atomic mass is 16.3. The molecule has 0 aliphatic rings. The van der Waals surface area contributed by atoms with Gasteiger partial charge in [-0.05, 0) is 25.0 Å². The molecule has 0 heterocycles. The average molecular weight is 255 g/mol. The van der Waals surface area contributed by atoms with Gasteiger partial charge in [-0.1, -0.05) is 60.2 Å². The van der Waals surface area contributed by atoms with E-state index in [1.54, 1.807) is 0 Å². The summed E-state index contributed by atoms with van der Waals surface area (Å²) in [7, 11) is 0. The van der Waals surface area contributed by atoms with Crippen LogP contribution in [0.5, 0.6) is 0 Å². The standard InChI is InChI=1S/C17H21NO/c1-13-8-10-16(11-9-13)17(19)12-18-14(2)15-6-4-3-5-7-15/h3-11,14,17-19H,12H2,1-2H3. The maximum absolute atomic E-state index is 10.1. The summed E-state index contributed by atoms with van der Waals surface area (Å²) in [6.07, 6.45) is -0.466. The number of aliphatic hydroxyl groups excluding tert-OH is 1. The van der Waals surface area contributed by atoms with Crippen molar-refractivity contribution in [1.29, 1.82) is 0 Å². The highest BCUT2D eigenvalue weighted by molar-refractivity contribution is 5.23. The number of hydrogen-bond donors (Lipinski definition) is 2. The molecule has 0 aromatic heterocycles. The number of rotatable bonds is 5. The van der Waals surface area contributed by atoms with Crippen molar-refractivity contribution in [3.05, 3.63) is 71.3 Å². The molecule has 2 nitrogen and oxygen atoms in total. The van der Waals surface area contributed by atoms with Crippen LogP contribution in [0.2, 0.25) is 0 Å². The summed E-state index contributed by atoms with van der Waals surface area (Å²) in [4.78, 5) is 0. The van der Waals surface area contributed by atoms with Crippen LogP contribution in [0.25, 0.3) is 0 Å². The molecular formula is C17H21NO. The van der Waals surface area contributed by atoms with Gasteiger partial charge in [-0.3, -0.25) is 0 Å². The Morgan fingerprint density at radius 2 is 1.58 bits per heavy atom. The van der Waals surface area contributed by atoms with Crippen LogP contribution in [0.15, 0.2) is 54.6 Å². The topological polar surface area (TPSA) is 32.3 Å². The van der Waals surface area contributed by atoms with Crippen LogP contribution < -0.4 is 5.32 Å². The molecule has 0 saturated heterocycles. The minimum Gasteiger partial charge on any atom is -0.387 e. The van der Waals surface area contributed by atoms with Crippen molar-refractivity contribution in [2.45, 2.75) is 26.0 Å². The second kappa shape index (κ2) is 6.50. The van der Waals surface area contributed by atoms with Gasteiger partial charge in [0.05, 0.1) is 6.10 Å². The zero-order valence-electron chi connectivity index (χ0n) is 11.5. The van der Waals surface area contributed by atoms with Gasteiger partial charge in [0, 0.05) is 12.6 Å². The molecule has 2 heteroatoms. The van der Waals surface area contributed by atoms with Crippen molar-refractivity contribution >= 4 is 0 Å². The average Bonchev–Trinajstić information content (AvgIpc) is 2.46. The minimum atomic E-state index is -0.466. The first kappa shape index (κ1) is 13.8. The Kier molecular flexibility index (Phi) is 4.72. The van der Waals surface area contributed by atoms with Crippen LogP contribution in [-0.4, -0.2) is 11.7 Å². The summed E-state index contributed by atoms with van der Waals surface area (Å²) in [5, 5.41) is 13.5. The first-order chi connectivity index (χ1) is 9.16. The van der Waals surface area contributed by atoms with E-state index in [0.29, 0.717) is 6.54 Å². The molecule has 0 bridgehead atoms. The lowest BCUT2D eigenvalue weighted by atomic mass is 10.1. The number of hydrogen-bond acceptors (Lipinski definition) is 2. The summed E-state index contributed by atoms with van der Waals surface area (Å²) in [6.45, 7) is 4.71. The van der Waals surface area contributed by atoms with Crippen molar-refractivity contribution < 1.29 is 5.11 Å². The van der Waals surface area contributed by atoms with Gasteiger partial charge in [0.25, 0.3) is 0 Å². The van der Waals surface area contributed by atoms with E-state index in [2.05, 4.69) is 24.4 Å². The Morgan fingerprint density at radius 1 is 0.947 bits per heavy atom. The Balaban J connectivity index is 1.90. The molecule has 0 saturated carbocycles. The molecule has 2 rings (SSSR count). The number of nitrogens with one attached hydrogen (secondary N) is 1. The molecule has 2 aromatic rings. The van der Waals surface area contributed by atoms with E-state index >= 15 is 0 Å². The Morgan fingerprint density at radius 3 is 2.21 bits per heavy atom. The SMILES string of the molecule is Cc1ccc(C(O)CNC(C)c2ccccc2)cc1. The first-order valence-corrected chi connectivity index (χ1v) is 6.70. The van der Waals surface area contributed by atoms with Crippen molar-refractivity contribution in [1.82, 2.24) is 5.32 Å². The smallest absolute Gasteiger partial charge is 0.0914 e. The fourth-order valence-electron chi connectivity index (χ4n) is 2.05. The summed E-state index contributed by atoms with van der Waals surface area (Å²) in [6, 6.07) is 18.5. The highest BCUT2D eigenvalue weighted by Crippen LogP contribution is 2.16. The number of benzene rings is 2. The lowest BCUT2D eigenvalue weighted by Crippen LogP contribution is -2.24. The maximum atomic E-state index is 10.1. The van der Waals surface area contributed by atoms with Crippen LogP contribution in [0.3, 0.4) is 0 Å². The van der Waals surface area contributed by atoms with Gasteiger partial charge in [0.2, 0.25) is 0 Å². The van der Waals surface area contributed by atoms with Crippen LogP contribution in [0, 0.1) is 6.92 Å². The number of aliphatic hydroxyl groups is 1. The van der Waals surface area contributed by atoms with Crippen molar-refractivity contribution in [2.75, 3.05) is 6.54 Å². The third-order valence-electron chi connectivity index (χ3n) is 3.38. The van der Waals surface area contributed by atoms with Crippen molar-refractivity contribution in [3.63, 3.8) is 0 Å². The second-order valence-corrected chi connectivity index (χ2v) is 4.97. The van der Waals surface area contributed by atoms with Crippen molar-refractivity contribution in [2.24, 2.45) is 0 Å². The predicted molar refractivity (Wildman–Crippen MR) is 79.0 cm³/mol. The van der Waals surface area contributed by atoms with Gasteiger partial charge in [0.15, 0.2) is 0 Å². The minimum absolute atomic E-state index is 0.237. The molecule has 2 aromatic carbocycles. The molecule has 19 heavy (non-hydrogen) atoms. The lowest BCUT2D eigenvalue weighted by molar-refractivity contribution is 0.171. The van der Waals surface area contributed by atoms with Gasteiger partial charge in [0.1, 0.15) is 0 Å². The van der Waals surface area contributed by atoms with Crippen LogP contribution in [-0.2, 0) is 0 Å². The van der Waals surface area contributed by atoms with Gasteiger partial charge in [-0.25, -0.2) is 0 Å². The van der Waals surface area contributed by atoms with Gasteiger partial charge in [-0.15, -0.1) is 0 Å². The van der Waals surface area contributed by atoms with Gasteiger partial charge >= 0.3 is 0 Å². The van der Waals surface area contributed by atoms with Crippen molar-refractivity contribution in [3.8, 4) is 0 Å². The molecule has 2 N–H and O–H groups in total. The van der Waals surface area contributed by atoms with Crippen LogP contribution in [0.4, 0.5) is 0 Å². The maximum Gasteiger partial charge on any atom is 0.0914 e. The molecule has 0 aliphatic carbocycles. The monoisotopic (exact) mass is 255 g/mol. The van der Waals surface area contributed by atoms with E-state index in [4.69, 9.17) is 0 Å². The molecule has 2 atom stereocenters. The molecular weight excluding hydrogens is 234 g/mol. The molecule has 0 fully saturated rings. The molecule has 0 spiro atoms. The largest absolute Gasteiger partial charge is 0.387 e. The van der Waals surface area contributed by atoms with E-state index in [1.807, 2.05) is 49.4 Å². The fourth-order valence-corrected chi connectivity index (χ4v) is 2.05. The zero-order chi connectivity index (χ0) is 13.7. The Hall–Kier alpha value is -1.64. The molecule has 0 radical (unpaired) electrons. The summed E-state index contributed by atoms with van der Waals surface area (Å²) >= 11 is 0. The quantitative estimate of drug-likeness (QED) is 0.858. The Bertz CT molecular complexity index is 492. The predicted octanol–water partition coefficient (Wildman–Crippen LogP) is 3.38. The van der Waals surface area contributed by atoms with E-state index in [0.717, 1.165) is 5.56 Å². The van der Waals surface area contributed by atoms with E-state index in [-0.39, 0.29) is 6.04 Å². The zero-order valence-corrected chi connectivity index (χ0v) is 11.5. The van der Waals surface area contributed by atoms with Crippen LogP contribution >= 0.6 is 0 Å². The third-order valence-corrected chi connectivity index (χ3v) is 3.38.